The average Bonchev–Trinajstić information content (AvgIpc) is 2.93. The molecule has 0 spiro atoms. The normalized spacial score (nSPS) is 24.7. The molecule has 4 rings (SSSR count). The number of piperidine rings is 1. The third kappa shape index (κ3) is 6.64. The molecule has 0 aromatic heterocycles. The number of nitrogens with two attached hydrogens (primary N) is 1. The van der Waals surface area contributed by atoms with Gasteiger partial charge in [-0.05, 0) is 42.0 Å². The number of nitrogens with one attached hydrogen (secondary N) is 1. The summed E-state index contributed by atoms with van der Waals surface area (Å²) in [6.45, 7) is 8.46. The number of fused-ring (bicyclic) bond motifs is 4. The highest BCUT2D eigenvalue weighted by molar-refractivity contribution is 7.91. The van der Waals surface area contributed by atoms with Crippen LogP contribution in [-0.2, 0) is 20.9 Å². The van der Waals surface area contributed by atoms with Gasteiger partial charge < -0.3 is 20.5 Å². The highest BCUT2D eigenvalue weighted by Crippen LogP contribution is 2.43. The third-order valence-electron chi connectivity index (χ3n) is 6.44. The minimum absolute atomic E-state index is 0.0520. The molecule has 3 fully saturated rings. The van der Waals surface area contributed by atoms with Crippen molar-refractivity contribution in [1.82, 2.24) is 4.90 Å². The molecule has 3 aliphatic heterocycles. The van der Waals surface area contributed by atoms with E-state index < -0.39 is 20.9 Å². The van der Waals surface area contributed by atoms with Gasteiger partial charge in [0.15, 0.2) is 9.84 Å². The van der Waals surface area contributed by atoms with E-state index in [9.17, 15) is 17.2 Å². The van der Waals surface area contributed by atoms with Gasteiger partial charge in [-0.1, -0.05) is 24.9 Å². The number of hydrogen-bond acceptors (Lipinski definition) is 8. The zero-order valence-electron chi connectivity index (χ0n) is 18.5. The van der Waals surface area contributed by atoms with Gasteiger partial charge in [0.05, 0.1) is 11.5 Å². The molecule has 3 N–H and O–H groups in total. The largest absolute Gasteiger partial charge is 0.772 e. The van der Waals surface area contributed by atoms with Crippen molar-refractivity contribution in [3.8, 4) is 0 Å². The SMILES string of the molecule is CC1(C)CC2CN(CCS(=O)(=O)CCN)CC1N(c1ccc(NCCS(=O)[O-])cc1)C2. The van der Waals surface area contributed by atoms with Gasteiger partial charge in [-0.2, -0.15) is 0 Å². The first kappa shape index (κ1) is 24.4. The molecule has 1 aromatic carbocycles. The van der Waals surface area contributed by atoms with Gasteiger partial charge in [-0.25, -0.2) is 8.42 Å². The van der Waals surface area contributed by atoms with E-state index >= 15 is 0 Å². The lowest BCUT2D eigenvalue weighted by atomic mass is 9.73. The van der Waals surface area contributed by atoms with Gasteiger partial charge in [0, 0.05) is 62.4 Å². The minimum atomic E-state index is -3.10. The summed E-state index contributed by atoms with van der Waals surface area (Å²) >= 11 is -2.04. The second-order valence-electron chi connectivity index (χ2n) is 9.41. The number of rotatable bonds is 10. The van der Waals surface area contributed by atoms with E-state index in [0.717, 1.165) is 37.4 Å². The Hall–Kier alpha value is -1.20. The minimum Gasteiger partial charge on any atom is -0.772 e. The van der Waals surface area contributed by atoms with Crippen LogP contribution in [-0.4, -0.2) is 84.6 Å². The van der Waals surface area contributed by atoms with Crippen LogP contribution in [0.1, 0.15) is 20.3 Å². The first-order valence-corrected chi connectivity index (χ1v) is 14.0. The Morgan fingerprint density at radius 1 is 1.19 bits per heavy atom. The standard InChI is InChI=1S/C21H36N4O4S2/c1-21(2)13-17-14-24(9-12-31(28,29)11-7-22)16-20(21)25(15-17)19-5-3-18(4-6-19)23-8-10-30(26)27/h3-6,17,20,23H,7-16,22H2,1-2H3,(H,26,27)/p-1. The Balaban J connectivity index is 1.69. The Labute approximate surface area is 188 Å². The third-order valence-corrected chi connectivity index (χ3v) is 8.64. The van der Waals surface area contributed by atoms with Crippen molar-refractivity contribution >= 4 is 32.3 Å². The Kier molecular flexibility index (Phi) is 8.01. The van der Waals surface area contributed by atoms with Gasteiger partial charge in [0.2, 0.25) is 0 Å². The van der Waals surface area contributed by atoms with Crippen molar-refractivity contribution in [2.24, 2.45) is 17.1 Å². The quantitative estimate of drug-likeness (QED) is 0.483. The highest BCUT2D eigenvalue weighted by atomic mass is 32.2. The molecule has 31 heavy (non-hydrogen) atoms. The van der Waals surface area contributed by atoms with Crippen LogP contribution >= 0.6 is 0 Å². The molecular formula is C21H35N4O4S2-. The van der Waals surface area contributed by atoms with Gasteiger partial charge in [-0.15, -0.1) is 0 Å². The van der Waals surface area contributed by atoms with E-state index in [-0.39, 0.29) is 29.2 Å². The second kappa shape index (κ2) is 10.2. The molecule has 0 amide bonds. The Morgan fingerprint density at radius 3 is 2.55 bits per heavy atom. The fraction of sp³-hybridized carbons (Fsp3) is 0.714. The molecule has 0 radical (unpaired) electrons. The lowest BCUT2D eigenvalue weighted by Crippen LogP contribution is -2.54. The van der Waals surface area contributed by atoms with E-state index in [1.807, 2.05) is 12.1 Å². The fourth-order valence-corrected chi connectivity index (χ4v) is 6.36. The van der Waals surface area contributed by atoms with Gasteiger partial charge in [0.1, 0.15) is 0 Å². The monoisotopic (exact) mass is 471 g/mol. The first-order valence-electron chi connectivity index (χ1n) is 10.9. The van der Waals surface area contributed by atoms with E-state index in [0.29, 0.717) is 25.0 Å². The van der Waals surface area contributed by atoms with Crippen molar-refractivity contribution in [1.29, 1.82) is 0 Å². The predicted molar refractivity (Wildman–Crippen MR) is 126 cm³/mol. The maximum absolute atomic E-state index is 12.1. The smallest absolute Gasteiger partial charge is 0.152 e. The van der Waals surface area contributed by atoms with E-state index in [1.165, 1.54) is 0 Å². The van der Waals surface area contributed by atoms with Gasteiger partial charge in [-0.3, -0.25) is 9.11 Å². The van der Waals surface area contributed by atoms with Crippen molar-refractivity contribution < 1.29 is 17.2 Å². The highest BCUT2D eigenvalue weighted by Gasteiger charge is 2.45. The van der Waals surface area contributed by atoms with Gasteiger partial charge in [0.25, 0.3) is 0 Å². The zero-order valence-corrected chi connectivity index (χ0v) is 20.1. The molecule has 1 aromatic rings. The maximum atomic E-state index is 12.1. The zero-order chi connectivity index (χ0) is 22.6. The molecule has 3 heterocycles. The van der Waals surface area contributed by atoms with E-state index in [2.05, 4.69) is 41.1 Å². The van der Waals surface area contributed by atoms with E-state index in [1.54, 1.807) is 0 Å². The molecule has 3 saturated heterocycles. The molecule has 0 aliphatic carbocycles. The number of nitrogens with zero attached hydrogens (tertiary/aromatic N) is 2. The Bertz CT molecular complexity index is 861. The van der Waals surface area contributed by atoms with Crippen molar-refractivity contribution in [2.75, 3.05) is 66.7 Å². The van der Waals surface area contributed by atoms with Crippen molar-refractivity contribution in [3.63, 3.8) is 0 Å². The summed E-state index contributed by atoms with van der Waals surface area (Å²) in [6.07, 6.45) is 1.13. The lowest BCUT2D eigenvalue weighted by molar-refractivity contribution is 0.191. The number of sulfone groups is 1. The molecule has 3 atom stereocenters. The second-order valence-corrected chi connectivity index (χ2v) is 12.7. The van der Waals surface area contributed by atoms with Gasteiger partial charge >= 0.3 is 0 Å². The van der Waals surface area contributed by atoms with Crippen molar-refractivity contribution in [3.05, 3.63) is 24.3 Å². The van der Waals surface area contributed by atoms with Crippen LogP contribution in [0.4, 0.5) is 11.4 Å². The van der Waals surface area contributed by atoms with Crippen LogP contribution in [0.25, 0.3) is 0 Å². The summed E-state index contributed by atoms with van der Waals surface area (Å²) in [7, 11) is -3.10. The van der Waals surface area contributed by atoms with Crippen LogP contribution in [0.15, 0.2) is 24.3 Å². The molecule has 2 bridgehead atoms. The van der Waals surface area contributed by atoms with Crippen LogP contribution in [0.5, 0.6) is 0 Å². The number of anilines is 2. The molecule has 8 nitrogen and oxygen atoms in total. The topological polar surface area (TPSA) is 119 Å². The van der Waals surface area contributed by atoms with Crippen molar-refractivity contribution in [2.45, 2.75) is 26.3 Å². The molecule has 3 aliphatic rings. The van der Waals surface area contributed by atoms with Crippen LogP contribution < -0.4 is 16.0 Å². The molecular weight excluding hydrogens is 436 g/mol. The van der Waals surface area contributed by atoms with Crippen LogP contribution in [0.3, 0.4) is 0 Å². The first-order chi connectivity index (χ1) is 14.6. The summed E-state index contributed by atoms with van der Waals surface area (Å²) in [6, 6.07) is 8.45. The van der Waals surface area contributed by atoms with Crippen LogP contribution in [0, 0.1) is 11.3 Å². The van der Waals surface area contributed by atoms with E-state index in [4.69, 9.17) is 5.73 Å². The summed E-state index contributed by atoms with van der Waals surface area (Å²) in [4.78, 5) is 4.79. The molecule has 3 unspecified atom stereocenters. The predicted octanol–water partition coefficient (Wildman–Crippen LogP) is 0.888. The number of benzene rings is 1. The summed E-state index contributed by atoms with van der Waals surface area (Å²) < 4.78 is 45.7. The molecule has 176 valence electrons. The fourth-order valence-electron chi connectivity index (χ4n) is 4.99. The van der Waals surface area contributed by atoms with Crippen LogP contribution in [0.2, 0.25) is 0 Å². The number of hydrogen-bond donors (Lipinski definition) is 2. The maximum Gasteiger partial charge on any atom is 0.152 e. The molecule has 10 heteroatoms. The molecule has 0 saturated carbocycles. The summed E-state index contributed by atoms with van der Waals surface area (Å²) in [5.74, 6) is 0.785. The average molecular weight is 472 g/mol. The summed E-state index contributed by atoms with van der Waals surface area (Å²) in [5, 5.41) is 3.13. The summed E-state index contributed by atoms with van der Waals surface area (Å²) in [5.41, 5.74) is 7.62. The Morgan fingerprint density at radius 2 is 1.90 bits per heavy atom. The lowest BCUT2D eigenvalue weighted by Gasteiger charge is -2.48.